The minimum absolute atomic E-state index is 0.0955. The highest BCUT2D eigenvalue weighted by Gasteiger charge is 2.16. The van der Waals surface area contributed by atoms with Crippen molar-refractivity contribution < 1.29 is 4.79 Å². The number of carbonyl (C=O) groups excluding carboxylic acids is 1. The molecule has 1 rings (SSSR count). The van der Waals surface area contributed by atoms with E-state index in [9.17, 15) is 4.79 Å². The van der Waals surface area contributed by atoms with E-state index in [1.165, 1.54) is 12.4 Å². The first-order valence-electron chi connectivity index (χ1n) is 5.28. The summed E-state index contributed by atoms with van der Waals surface area (Å²) in [5.41, 5.74) is 0.523. The zero-order chi connectivity index (χ0) is 12.0. The second-order valence-corrected chi connectivity index (χ2v) is 4.31. The number of nitrogens with one attached hydrogen (secondary N) is 1. The summed E-state index contributed by atoms with van der Waals surface area (Å²) in [5, 5.41) is 10.2. The van der Waals surface area contributed by atoms with E-state index in [0.717, 1.165) is 6.42 Å². The standard InChI is InChI=1S/C11H16ClN3O/c1-8(2)10(3-5-12)15-11(16)9-4-6-13-14-7-9/h4,6-8,10H,3,5H2,1-2H3,(H,15,16). The van der Waals surface area contributed by atoms with Gasteiger partial charge in [-0.1, -0.05) is 13.8 Å². The maximum Gasteiger partial charge on any atom is 0.253 e. The lowest BCUT2D eigenvalue weighted by Crippen LogP contribution is -2.38. The lowest BCUT2D eigenvalue weighted by atomic mass is 10.0. The van der Waals surface area contributed by atoms with E-state index in [4.69, 9.17) is 11.6 Å². The van der Waals surface area contributed by atoms with Crippen molar-refractivity contribution in [3.05, 3.63) is 24.0 Å². The Labute approximate surface area is 100 Å². The summed E-state index contributed by atoms with van der Waals surface area (Å²) in [6.45, 7) is 4.12. The van der Waals surface area contributed by atoms with Crippen LogP contribution in [0.1, 0.15) is 30.6 Å². The Morgan fingerprint density at radius 3 is 2.75 bits per heavy atom. The number of carbonyl (C=O) groups is 1. The highest BCUT2D eigenvalue weighted by molar-refractivity contribution is 6.17. The molecule has 0 spiro atoms. The molecule has 0 radical (unpaired) electrons. The summed E-state index contributed by atoms with van der Waals surface area (Å²) in [6.07, 6.45) is 3.72. The van der Waals surface area contributed by atoms with Crippen molar-refractivity contribution in [1.29, 1.82) is 0 Å². The molecule has 0 saturated heterocycles. The molecule has 5 heteroatoms. The molecule has 0 aromatic carbocycles. The van der Waals surface area contributed by atoms with E-state index in [-0.39, 0.29) is 11.9 Å². The zero-order valence-corrected chi connectivity index (χ0v) is 10.2. The molecule has 88 valence electrons. The van der Waals surface area contributed by atoms with E-state index >= 15 is 0 Å². The van der Waals surface area contributed by atoms with Gasteiger partial charge >= 0.3 is 0 Å². The van der Waals surface area contributed by atoms with Gasteiger partial charge in [0.1, 0.15) is 0 Å². The third-order valence-electron chi connectivity index (χ3n) is 2.39. The predicted molar refractivity (Wildman–Crippen MR) is 63.5 cm³/mol. The normalized spacial score (nSPS) is 12.5. The number of alkyl halides is 1. The van der Waals surface area contributed by atoms with Crippen molar-refractivity contribution in [3.63, 3.8) is 0 Å². The highest BCUT2D eigenvalue weighted by atomic mass is 35.5. The molecule has 0 aliphatic heterocycles. The van der Waals surface area contributed by atoms with E-state index in [1.54, 1.807) is 6.07 Å². The van der Waals surface area contributed by atoms with Gasteiger partial charge < -0.3 is 5.32 Å². The average Bonchev–Trinajstić information content (AvgIpc) is 2.29. The molecule has 0 saturated carbocycles. The van der Waals surface area contributed by atoms with Crippen LogP contribution in [0, 0.1) is 5.92 Å². The van der Waals surface area contributed by atoms with Crippen LogP contribution in [0.15, 0.2) is 18.5 Å². The minimum atomic E-state index is -0.126. The largest absolute Gasteiger partial charge is 0.349 e. The molecule has 0 aliphatic rings. The molecule has 4 nitrogen and oxygen atoms in total. The Kier molecular flexibility index (Phi) is 5.19. The quantitative estimate of drug-likeness (QED) is 0.801. The fourth-order valence-corrected chi connectivity index (χ4v) is 1.60. The summed E-state index contributed by atoms with van der Waals surface area (Å²) in [4.78, 5) is 11.8. The molecule has 0 bridgehead atoms. The third kappa shape index (κ3) is 3.77. The number of halogens is 1. The summed E-state index contributed by atoms with van der Waals surface area (Å²) in [5.74, 6) is 0.772. The lowest BCUT2D eigenvalue weighted by molar-refractivity contribution is 0.0924. The topological polar surface area (TPSA) is 54.9 Å². The number of nitrogens with zero attached hydrogens (tertiary/aromatic N) is 2. The Balaban J connectivity index is 2.62. The molecule has 1 N–H and O–H groups in total. The Hall–Kier alpha value is -1.16. The van der Waals surface area contributed by atoms with Crippen molar-refractivity contribution in [1.82, 2.24) is 15.5 Å². The average molecular weight is 242 g/mol. The molecule has 16 heavy (non-hydrogen) atoms. The maximum absolute atomic E-state index is 11.8. The first kappa shape index (κ1) is 12.9. The second kappa shape index (κ2) is 6.43. The van der Waals surface area contributed by atoms with Crippen molar-refractivity contribution in [3.8, 4) is 0 Å². The van der Waals surface area contributed by atoms with Crippen LogP contribution in [0.25, 0.3) is 0 Å². The number of rotatable bonds is 5. The van der Waals surface area contributed by atoms with Gasteiger partial charge in [0, 0.05) is 11.9 Å². The maximum atomic E-state index is 11.8. The third-order valence-corrected chi connectivity index (χ3v) is 2.61. The van der Waals surface area contributed by atoms with E-state index < -0.39 is 0 Å². The van der Waals surface area contributed by atoms with Gasteiger partial charge in [-0.2, -0.15) is 10.2 Å². The van der Waals surface area contributed by atoms with Gasteiger partial charge in [-0.05, 0) is 18.4 Å². The number of hydrogen-bond donors (Lipinski definition) is 1. The molecular weight excluding hydrogens is 226 g/mol. The van der Waals surface area contributed by atoms with Crippen LogP contribution in [-0.4, -0.2) is 28.0 Å². The van der Waals surface area contributed by atoms with Crippen molar-refractivity contribution in [2.75, 3.05) is 5.88 Å². The molecule has 0 aliphatic carbocycles. The summed E-state index contributed by atoms with van der Waals surface area (Å²) < 4.78 is 0. The first-order valence-corrected chi connectivity index (χ1v) is 5.82. The SMILES string of the molecule is CC(C)C(CCCl)NC(=O)c1ccnnc1. The van der Waals surface area contributed by atoms with Gasteiger partial charge in [-0.15, -0.1) is 11.6 Å². The fourth-order valence-electron chi connectivity index (χ4n) is 1.37. The molecule has 1 heterocycles. The second-order valence-electron chi connectivity index (χ2n) is 3.93. The monoisotopic (exact) mass is 241 g/mol. The minimum Gasteiger partial charge on any atom is -0.349 e. The lowest BCUT2D eigenvalue weighted by Gasteiger charge is -2.21. The van der Waals surface area contributed by atoms with Gasteiger partial charge in [0.25, 0.3) is 5.91 Å². The molecule has 1 unspecified atom stereocenters. The van der Waals surface area contributed by atoms with Gasteiger partial charge in [-0.3, -0.25) is 4.79 Å². The predicted octanol–water partition coefficient (Wildman–Crippen LogP) is 1.86. The first-order chi connectivity index (χ1) is 7.65. The van der Waals surface area contributed by atoms with E-state index in [0.29, 0.717) is 17.4 Å². The van der Waals surface area contributed by atoms with Crippen LogP contribution < -0.4 is 5.32 Å². The van der Waals surface area contributed by atoms with Gasteiger partial charge in [0.2, 0.25) is 0 Å². The zero-order valence-electron chi connectivity index (χ0n) is 9.48. The molecule has 0 fully saturated rings. The Morgan fingerprint density at radius 2 is 2.25 bits per heavy atom. The van der Waals surface area contributed by atoms with Gasteiger partial charge in [-0.25, -0.2) is 0 Å². The van der Waals surface area contributed by atoms with Crippen molar-refractivity contribution in [2.24, 2.45) is 5.92 Å². The number of amides is 1. The summed E-state index contributed by atoms with van der Waals surface area (Å²) >= 11 is 5.70. The van der Waals surface area contributed by atoms with Crippen LogP contribution in [-0.2, 0) is 0 Å². The van der Waals surface area contributed by atoms with Crippen LogP contribution >= 0.6 is 11.6 Å². The number of aromatic nitrogens is 2. The summed E-state index contributed by atoms with van der Waals surface area (Å²) in [6, 6.07) is 1.73. The van der Waals surface area contributed by atoms with Crippen LogP contribution in [0.4, 0.5) is 0 Å². The molecular formula is C11H16ClN3O. The molecule has 1 aromatic rings. The van der Waals surface area contributed by atoms with Crippen LogP contribution in [0.3, 0.4) is 0 Å². The fraction of sp³-hybridized carbons (Fsp3) is 0.545. The number of hydrogen-bond acceptors (Lipinski definition) is 3. The van der Waals surface area contributed by atoms with Crippen LogP contribution in [0.5, 0.6) is 0 Å². The molecule has 1 aromatic heterocycles. The van der Waals surface area contributed by atoms with Crippen molar-refractivity contribution >= 4 is 17.5 Å². The smallest absolute Gasteiger partial charge is 0.253 e. The molecule has 1 amide bonds. The summed E-state index contributed by atoms with van der Waals surface area (Å²) in [7, 11) is 0. The Bertz CT molecular complexity index is 329. The van der Waals surface area contributed by atoms with E-state index in [2.05, 4.69) is 29.4 Å². The highest BCUT2D eigenvalue weighted by Crippen LogP contribution is 2.08. The van der Waals surface area contributed by atoms with Crippen molar-refractivity contribution in [2.45, 2.75) is 26.3 Å². The molecule has 1 atom stereocenters. The van der Waals surface area contributed by atoms with Crippen LogP contribution in [0.2, 0.25) is 0 Å². The van der Waals surface area contributed by atoms with Gasteiger partial charge in [0.05, 0.1) is 18.0 Å². The van der Waals surface area contributed by atoms with Gasteiger partial charge in [0.15, 0.2) is 0 Å². The Morgan fingerprint density at radius 1 is 1.50 bits per heavy atom. The van der Waals surface area contributed by atoms with E-state index in [1.807, 2.05) is 0 Å².